The molecule has 0 aliphatic carbocycles. The van der Waals surface area contributed by atoms with E-state index in [0.29, 0.717) is 5.69 Å². The quantitative estimate of drug-likeness (QED) is 0.480. The van der Waals surface area contributed by atoms with Gasteiger partial charge in [0, 0.05) is 0 Å². The van der Waals surface area contributed by atoms with E-state index in [1.54, 1.807) is 12.1 Å². The second-order valence-corrected chi connectivity index (χ2v) is 8.19. The van der Waals surface area contributed by atoms with Crippen molar-refractivity contribution in [3.8, 4) is 0 Å². The summed E-state index contributed by atoms with van der Waals surface area (Å²) in [5.41, 5.74) is 0.438. The SMILES string of the molecule is CC(=O)Nc1cccc([As](=O)(OO)OBr)c1. The summed E-state index contributed by atoms with van der Waals surface area (Å²) in [6, 6.07) is 6.03. The van der Waals surface area contributed by atoms with Crippen LogP contribution in [-0.4, -0.2) is 25.3 Å². The fourth-order valence-corrected chi connectivity index (χ4v) is 3.81. The first-order chi connectivity index (χ1) is 7.51. The maximum absolute atomic E-state index is 11.8. The van der Waals surface area contributed by atoms with Crippen molar-refractivity contribution in [1.82, 2.24) is 0 Å². The molecule has 1 aromatic rings. The minimum absolute atomic E-state index is 0.170. The number of amides is 1. The summed E-state index contributed by atoms with van der Waals surface area (Å²) < 4.78 is 20.3. The van der Waals surface area contributed by atoms with Gasteiger partial charge in [-0.2, -0.15) is 0 Å². The van der Waals surface area contributed by atoms with Gasteiger partial charge in [-0.3, -0.25) is 0 Å². The van der Waals surface area contributed by atoms with Crippen LogP contribution in [0.3, 0.4) is 0 Å². The summed E-state index contributed by atoms with van der Waals surface area (Å²) in [5.74, 6) is -0.260. The molecule has 16 heavy (non-hydrogen) atoms. The zero-order valence-electron chi connectivity index (χ0n) is 8.21. The van der Waals surface area contributed by atoms with Crippen molar-refractivity contribution in [2.75, 3.05) is 5.32 Å². The van der Waals surface area contributed by atoms with Gasteiger partial charge in [-0.15, -0.1) is 0 Å². The van der Waals surface area contributed by atoms with Crippen molar-refractivity contribution >= 4 is 46.4 Å². The average Bonchev–Trinajstić information content (AvgIpc) is 2.27. The topological polar surface area (TPSA) is 84.9 Å². The van der Waals surface area contributed by atoms with E-state index in [1.807, 2.05) is 0 Å². The number of carbonyl (C=O) groups is 1. The van der Waals surface area contributed by atoms with Crippen LogP contribution in [0, 0.1) is 0 Å². The second-order valence-electron chi connectivity index (χ2n) is 2.88. The number of benzene rings is 1. The van der Waals surface area contributed by atoms with Gasteiger partial charge in [-0.05, 0) is 0 Å². The van der Waals surface area contributed by atoms with Gasteiger partial charge in [-0.25, -0.2) is 0 Å². The summed E-state index contributed by atoms with van der Waals surface area (Å²) in [4.78, 5) is 10.8. The standard InChI is InChI=1S/C8H9AsBrNO5/c1-6(12)11-8-4-2-3-7(5-8)9(13,15-10)16-14/h2-5,14H,1H3,(H,11,12). The van der Waals surface area contributed by atoms with E-state index in [2.05, 4.69) is 28.3 Å². The van der Waals surface area contributed by atoms with Crippen LogP contribution in [0.4, 0.5) is 5.69 Å². The van der Waals surface area contributed by atoms with Crippen LogP contribution in [0.15, 0.2) is 24.3 Å². The Kier molecular flexibility index (Phi) is 4.76. The number of anilines is 1. The molecule has 0 heterocycles. The van der Waals surface area contributed by atoms with Crippen molar-refractivity contribution in [1.29, 1.82) is 0 Å². The average molecular weight is 354 g/mol. The van der Waals surface area contributed by atoms with Crippen molar-refractivity contribution < 1.29 is 20.5 Å². The van der Waals surface area contributed by atoms with Gasteiger partial charge in [0.1, 0.15) is 0 Å². The molecule has 0 aliphatic rings. The van der Waals surface area contributed by atoms with Crippen LogP contribution in [-0.2, 0) is 15.2 Å². The molecule has 1 rings (SSSR count). The third-order valence-corrected chi connectivity index (χ3v) is 6.40. The zero-order valence-corrected chi connectivity index (χ0v) is 11.7. The molecule has 8 heteroatoms. The van der Waals surface area contributed by atoms with Gasteiger partial charge in [0.15, 0.2) is 0 Å². The van der Waals surface area contributed by atoms with E-state index in [9.17, 15) is 8.53 Å². The summed E-state index contributed by atoms with van der Waals surface area (Å²) in [7, 11) is 0. The molecular weight excluding hydrogens is 345 g/mol. The molecule has 6 nitrogen and oxygen atoms in total. The molecule has 0 bridgehead atoms. The Morgan fingerprint density at radius 2 is 2.25 bits per heavy atom. The molecule has 2 N–H and O–H groups in total. The monoisotopic (exact) mass is 353 g/mol. The van der Waals surface area contributed by atoms with Gasteiger partial charge in [0.2, 0.25) is 0 Å². The van der Waals surface area contributed by atoms with Gasteiger partial charge < -0.3 is 0 Å². The van der Waals surface area contributed by atoms with Crippen molar-refractivity contribution in [3.63, 3.8) is 0 Å². The molecule has 0 aliphatic heterocycles. The van der Waals surface area contributed by atoms with Crippen LogP contribution in [0.25, 0.3) is 0 Å². The van der Waals surface area contributed by atoms with Crippen LogP contribution in [0.2, 0.25) is 0 Å². The second kappa shape index (κ2) is 5.65. The summed E-state index contributed by atoms with van der Waals surface area (Å²) >= 11 is -1.91. The van der Waals surface area contributed by atoms with E-state index in [-0.39, 0.29) is 10.3 Å². The molecule has 0 spiro atoms. The fourth-order valence-electron chi connectivity index (χ4n) is 1.06. The molecule has 1 atom stereocenters. The molecule has 1 aromatic carbocycles. The number of hydrogen-bond acceptors (Lipinski definition) is 5. The van der Waals surface area contributed by atoms with Gasteiger partial charge >= 0.3 is 103 Å². The minimum atomic E-state index is -4.44. The molecule has 0 radical (unpaired) electrons. The summed E-state index contributed by atoms with van der Waals surface area (Å²) in [6.07, 6.45) is 0. The third-order valence-electron chi connectivity index (χ3n) is 1.68. The fraction of sp³-hybridized carbons (Fsp3) is 0.125. The van der Waals surface area contributed by atoms with Crippen LogP contribution in [0.5, 0.6) is 0 Å². The molecule has 0 saturated carbocycles. The molecule has 1 amide bonds. The van der Waals surface area contributed by atoms with Crippen molar-refractivity contribution in [2.45, 2.75) is 6.92 Å². The molecule has 88 valence electrons. The Morgan fingerprint density at radius 3 is 2.75 bits per heavy atom. The van der Waals surface area contributed by atoms with Crippen LogP contribution < -0.4 is 9.67 Å². The Morgan fingerprint density at radius 1 is 1.56 bits per heavy atom. The predicted molar refractivity (Wildman–Crippen MR) is 60.5 cm³/mol. The number of hydrogen-bond donors (Lipinski definition) is 2. The molecule has 0 saturated heterocycles. The van der Waals surface area contributed by atoms with E-state index >= 15 is 0 Å². The summed E-state index contributed by atoms with van der Waals surface area (Å²) in [6.45, 7) is 1.35. The number of rotatable bonds is 4. The van der Waals surface area contributed by atoms with E-state index < -0.39 is 14.2 Å². The first-order valence-corrected chi connectivity index (χ1v) is 8.02. The Balaban J connectivity index is 3.07. The van der Waals surface area contributed by atoms with E-state index in [4.69, 9.17) is 5.26 Å². The normalized spacial score (nSPS) is 14.2. The summed E-state index contributed by atoms with van der Waals surface area (Å²) in [5, 5.41) is 11.0. The number of carbonyl (C=O) groups excluding carboxylic acids is 1. The Hall–Kier alpha value is -0.592. The number of nitrogens with one attached hydrogen (secondary N) is 1. The zero-order chi connectivity index (χ0) is 12.2. The Bertz CT molecular complexity index is 430. The number of halogens is 1. The third kappa shape index (κ3) is 3.20. The molecule has 0 aromatic heterocycles. The van der Waals surface area contributed by atoms with Crippen molar-refractivity contribution in [2.24, 2.45) is 0 Å². The van der Waals surface area contributed by atoms with Gasteiger partial charge in [0.25, 0.3) is 0 Å². The van der Waals surface area contributed by atoms with Crippen molar-refractivity contribution in [3.05, 3.63) is 24.3 Å². The first kappa shape index (κ1) is 13.5. The predicted octanol–water partition coefficient (Wildman–Crippen LogP) is 1.04. The van der Waals surface area contributed by atoms with Crippen LogP contribution in [0.1, 0.15) is 6.92 Å². The molecule has 0 fully saturated rings. The molecular formula is C8H9AsBrNO5. The molecule has 1 unspecified atom stereocenters. The van der Waals surface area contributed by atoms with Crippen LogP contribution >= 0.6 is 16.3 Å². The van der Waals surface area contributed by atoms with E-state index in [0.717, 1.165) is 0 Å². The Labute approximate surface area is 103 Å². The van der Waals surface area contributed by atoms with Gasteiger partial charge in [-0.1, -0.05) is 0 Å². The van der Waals surface area contributed by atoms with Gasteiger partial charge in [0.05, 0.1) is 0 Å². The first-order valence-electron chi connectivity index (χ1n) is 4.13. The van der Waals surface area contributed by atoms with E-state index in [1.165, 1.54) is 19.1 Å². The maximum atomic E-state index is 11.8.